The van der Waals surface area contributed by atoms with Gasteiger partial charge in [0.25, 0.3) is 0 Å². The minimum absolute atomic E-state index is 0.0308. The lowest BCUT2D eigenvalue weighted by molar-refractivity contribution is 0.0797. The molecule has 2 aromatic heterocycles. The first-order valence-electron chi connectivity index (χ1n) is 6.30. The number of halogens is 1. The number of furan rings is 1. The first-order chi connectivity index (χ1) is 9.16. The van der Waals surface area contributed by atoms with Gasteiger partial charge in [0.15, 0.2) is 0 Å². The second kappa shape index (κ2) is 7.10. The number of ether oxygens (including phenoxy) is 1. The largest absolute Gasteiger partial charge is 0.467 e. The highest BCUT2D eigenvalue weighted by molar-refractivity contribution is 7.16. The van der Waals surface area contributed by atoms with Crippen molar-refractivity contribution in [2.45, 2.75) is 26.0 Å². The Labute approximate surface area is 122 Å². The zero-order valence-corrected chi connectivity index (χ0v) is 12.6. The Hall–Kier alpha value is -0.810. The van der Waals surface area contributed by atoms with Crippen LogP contribution in [0.5, 0.6) is 0 Å². The first-order valence-corrected chi connectivity index (χ1v) is 7.50. The molecular formula is C14H18ClNO2S. The van der Waals surface area contributed by atoms with Gasteiger partial charge < -0.3 is 14.5 Å². The van der Waals surface area contributed by atoms with Gasteiger partial charge in [0.05, 0.1) is 23.3 Å². The van der Waals surface area contributed by atoms with E-state index in [1.54, 1.807) is 17.6 Å². The van der Waals surface area contributed by atoms with Crippen LogP contribution in [-0.2, 0) is 4.74 Å². The average Bonchev–Trinajstić information content (AvgIpc) is 3.00. The van der Waals surface area contributed by atoms with Gasteiger partial charge in [0.1, 0.15) is 11.8 Å². The van der Waals surface area contributed by atoms with Crippen LogP contribution in [0.15, 0.2) is 34.9 Å². The normalized spacial score (nSPS) is 13.1. The Morgan fingerprint density at radius 1 is 1.37 bits per heavy atom. The van der Waals surface area contributed by atoms with E-state index in [0.29, 0.717) is 6.61 Å². The van der Waals surface area contributed by atoms with E-state index in [0.717, 1.165) is 21.5 Å². The Balaban J connectivity index is 1.99. The van der Waals surface area contributed by atoms with Gasteiger partial charge in [-0.05, 0) is 38.1 Å². The highest BCUT2D eigenvalue weighted by atomic mass is 35.5. The molecule has 0 amide bonds. The minimum Gasteiger partial charge on any atom is -0.467 e. The molecule has 0 saturated carbocycles. The molecule has 104 valence electrons. The summed E-state index contributed by atoms with van der Waals surface area (Å²) in [6.07, 6.45) is 1.93. The van der Waals surface area contributed by atoms with Crippen LogP contribution in [0.25, 0.3) is 0 Å². The molecule has 0 saturated heterocycles. The molecule has 2 heterocycles. The lowest BCUT2D eigenvalue weighted by Gasteiger charge is -2.16. The van der Waals surface area contributed by atoms with Crippen LogP contribution in [0, 0.1) is 0 Å². The van der Waals surface area contributed by atoms with E-state index < -0.39 is 0 Å². The van der Waals surface area contributed by atoms with Crippen molar-refractivity contribution >= 4 is 22.9 Å². The fraction of sp³-hybridized carbons (Fsp3) is 0.429. The number of hydrogen-bond acceptors (Lipinski definition) is 4. The zero-order chi connectivity index (χ0) is 13.7. The number of nitrogens with one attached hydrogen (secondary N) is 1. The Bertz CT molecular complexity index is 481. The van der Waals surface area contributed by atoms with E-state index in [9.17, 15) is 0 Å². The average molecular weight is 300 g/mol. The van der Waals surface area contributed by atoms with Crippen molar-refractivity contribution in [3.63, 3.8) is 0 Å². The quantitative estimate of drug-likeness (QED) is 0.782. The van der Waals surface area contributed by atoms with E-state index in [2.05, 4.69) is 5.32 Å². The van der Waals surface area contributed by atoms with Crippen LogP contribution in [0.4, 0.5) is 0 Å². The summed E-state index contributed by atoms with van der Waals surface area (Å²) in [5, 5.41) is 3.44. The summed E-state index contributed by atoms with van der Waals surface area (Å²) in [5.74, 6) is 0.892. The second-order valence-electron chi connectivity index (χ2n) is 4.46. The standard InChI is InChI=1S/C14H18ClNO2S/c1-10(2)17-9-7-16-14(11-4-3-8-18-11)12-5-6-13(15)19-12/h3-6,8,10,14,16H,7,9H2,1-2H3. The molecule has 0 aliphatic carbocycles. The van der Waals surface area contributed by atoms with Gasteiger partial charge in [0, 0.05) is 11.4 Å². The van der Waals surface area contributed by atoms with Gasteiger partial charge in [-0.25, -0.2) is 0 Å². The molecule has 0 bridgehead atoms. The van der Waals surface area contributed by atoms with E-state index in [1.165, 1.54) is 0 Å². The molecule has 0 aromatic carbocycles. The molecule has 1 unspecified atom stereocenters. The van der Waals surface area contributed by atoms with Gasteiger partial charge in [-0.1, -0.05) is 11.6 Å². The Kier molecular flexibility index (Phi) is 5.45. The summed E-state index contributed by atoms with van der Waals surface area (Å²) in [6.45, 7) is 5.50. The summed E-state index contributed by atoms with van der Waals surface area (Å²) >= 11 is 7.56. The molecule has 1 N–H and O–H groups in total. The highest BCUT2D eigenvalue weighted by Crippen LogP contribution is 2.31. The topological polar surface area (TPSA) is 34.4 Å². The number of thiophene rings is 1. The number of rotatable bonds is 7. The van der Waals surface area contributed by atoms with Crippen molar-refractivity contribution in [1.82, 2.24) is 5.32 Å². The van der Waals surface area contributed by atoms with Crippen molar-refractivity contribution in [3.8, 4) is 0 Å². The van der Waals surface area contributed by atoms with Gasteiger partial charge in [-0.3, -0.25) is 0 Å². The van der Waals surface area contributed by atoms with Crippen molar-refractivity contribution < 1.29 is 9.15 Å². The Morgan fingerprint density at radius 3 is 2.79 bits per heavy atom. The van der Waals surface area contributed by atoms with Crippen molar-refractivity contribution in [2.24, 2.45) is 0 Å². The lowest BCUT2D eigenvalue weighted by Crippen LogP contribution is -2.26. The maximum Gasteiger partial charge on any atom is 0.126 e. The van der Waals surface area contributed by atoms with Crippen molar-refractivity contribution in [3.05, 3.63) is 45.5 Å². The molecule has 0 fully saturated rings. The van der Waals surface area contributed by atoms with Crippen LogP contribution >= 0.6 is 22.9 Å². The first kappa shape index (κ1) is 14.6. The molecule has 0 radical (unpaired) electrons. The lowest BCUT2D eigenvalue weighted by atomic mass is 10.2. The summed E-state index contributed by atoms with van der Waals surface area (Å²) in [7, 11) is 0. The molecule has 5 heteroatoms. The molecule has 2 aromatic rings. The molecule has 0 aliphatic heterocycles. The third kappa shape index (κ3) is 4.35. The molecule has 3 nitrogen and oxygen atoms in total. The summed E-state index contributed by atoms with van der Waals surface area (Å²) in [4.78, 5) is 1.14. The fourth-order valence-corrected chi connectivity index (χ4v) is 2.92. The Morgan fingerprint density at radius 2 is 2.21 bits per heavy atom. The van der Waals surface area contributed by atoms with Crippen LogP contribution < -0.4 is 5.32 Å². The maximum absolute atomic E-state index is 6.00. The molecular weight excluding hydrogens is 282 g/mol. The van der Waals surface area contributed by atoms with Crippen LogP contribution in [-0.4, -0.2) is 19.3 Å². The SMILES string of the molecule is CC(C)OCCNC(c1ccco1)c1ccc(Cl)s1. The van der Waals surface area contributed by atoms with E-state index >= 15 is 0 Å². The predicted octanol–water partition coefficient (Wildman–Crippen LogP) is 4.10. The second-order valence-corrected chi connectivity index (χ2v) is 6.21. The molecule has 1 atom stereocenters. The van der Waals surface area contributed by atoms with Crippen molar-refractivity contribution in [2.75, 3.05) is 13.2 Å². The molecule has 0 spiro atoms. The van der Waals surface area contributed by atoms with Crippen LogP contribution in [0.2, 0.25) is 4.34 Å². The smallest absolute Gasteiger partial charge is 0.126 e. The van der Waals surface area contributed by atoms with E-state index in [-0.39, 0.29) is 12.1 Å². The van der Waals surface area contributed by atoms with Crippen LogP contribution in [0.3, 0.4) is 0 Å². The molecule has 2 rings (SSSR count). The minimum atomic E-state index is 0.0308. The monoisotopic (exact) mass is 299 g/mol. The molecule has 0 aliphatic rings. The summed E-state index contributed by atoms with van der Waals surface area (Å²) in [6, 6.07) is 7.82. The third-order valence-corrected chi connectivity index (χ3v) is 3.90. The van der Waals surface area contributed by atoms with Gasteiger partial charge in [-0.2, -0.15) is 0 Å². The van der Waals surface area contributed by atoms with Gasteiger partial charge in [0.2, 0.25) is 0 Å². The predicted molar refractivity (Wildman–Crippen MR) is 79.0 cm³/mol. The van der Waals surface area contributed by atoms with Gasteiger partial charge >= 0.3 is 0 Å². The van der Waals surface area contributed by atoms with E-state index in [1.807, 2.05) is 38.1 Å². The van der Waals surface area contributed by atoms with Crippen molar-refractivity contribution in [1.29, 1.82) is 0 Å². The van der Waals surface area contributed by atoms with E-state index in [4.69, 9.17) is 20.8 Å². The summed E-state index contributed by atoms with van der Waals surface area (Å²) in [5.41, 5.74) is 0. The molecule has 19 heavy (non-hydrogen) atoms. The summed E-state index contributed by atoms with van der Waals surface area (Å²) < 4.78 is 11.8. The highest BCUT2D eigenvalue weighted by Gasteiger charge is 2.18. The van der Waals surface area contributed by atoms with Crippen LogP contribution in [0.1, 0.15) is 30.5 Å². The maximum atomic E-state index is 6.00. The third-order valence-electron chi connectivity index (χ3n) is 2.61. The van der Waals surface area contributed by atoms with Gasteiger partial charge in [-0.15, -0.1) is 11.3 Å². The fourth-order valence-electron chi connectivity index (χ4n) is 1.78. The zero-order valence-electron chi connectivity index (χ0n) is 11.1. The number of hydrogen-bond donors (Lipinski definition) is 1.